The van der Waals surface area contributed by atoms with E-state index in [-0.39, 0.29) is 29.0 Å². The summed E-state index contributed by atoms with van der Waals surface area (Å²) in [5, 5.41) is 2.76. The Bertz CT molecular complexity index is 797. The third-order valence-corrected chi connectivity index (χ3v) is 6.87. The van der Waals surface area contributed by atoms with Crippen LogP contribution in [0.5, 0.6) is 0 Å². The lowest BCUT2D eigenvalue weighted by Gasteiger charge is -2.34. The lowest BCUT2D eigenvalue weighted by molar-refractivity contribution is -0.124. The summed E-state index contributed by atoms with van der Waals surface area (Å²) >= 11 is 0. The zero-order chi connectivity index (χ0) is 21.6. The molecule has 3 atom stereocenters. The van der Waals surface area contributed by atoms with E-state index in [4.69, 9.17) is 4.74 Å². The molecule has 1 N–H and O–H groups in total. The summed E-state index contributed by atoms with van der Waals surface area (Å²) in [6, 6.07) is 5.70. The van der Waals surface area contributed by atoms with Crippen molar-refractivity contribution < 1.29 is 22.7 Å². The molecule has 0 spiro atoms. The van der Waals surface area contributed by atoms with E-state index < -0.39 is 16.0 Å². The van der Waals surface area contributed by atoms with Gasteiger partial charge in [0, 0.05) is 19.1 Å². The number of nitrogens with one attached hydrogen (secondary N) is 1. The third kappa shape index (κ3) is 6.54. The van der Waals surface area contributed by atoms with Gasteiger partial charge in [-0.05, 0) is 55.9 Å². The summed E-state index contributed by atoms with van der Waals surface area (Å²) in [6.07, 6.45) is 2.82. The Morgan fingerprint density at radius 3 is 2.31 bits per heavy atom. The molecule has 162 valence electrons. The van der Waals surface area contributed by atoms with Crippen LogP contribution in [-0.4, -0.2) is 50.3 Å². The minimum atomic E-state index is -3.60. The van der Waals surface area contributed by atoms with Gasteiger partial charge in [-0.3, -0.25) is 4.79 Å². The summed E-state index contributed by atoms with van der Waals surface area (Å²) in [5.41, 5.74) is 0.207. The molecule has 0 saturated carbocycles. The fraction of sp³-hybridized carbons (Fsp3) is 0.619. The van der Waals surface area contributed by atoms with Gasteiger partial charge in [-0.2, -0.15) is 4.31 Å². The molecular weight excluding hydrogens is 392 g/mol. The number of esters is 1. The fourth-order valence-electron chi connectivity index (χ4n) is 3.75. The van der Waals surface area contributed by atoms with E-state index in [1.165, 1.54) is 28.6 Å². The molecule has 7 nitrogen and oxygen atoms in total. The fourth-order valence-corrected chi connectivity index (χ4v) is 5.43. The number of hydrogen-bond acceptors (Lipinski definition) is 5. The number of ether oxygens (including phenoxy) is 1. The Morgan fingerprint density at radius 2 is 1.76 bits per heavy atom. The smallest absolute Gasteiger partial charge is 0.338 e. The molecule has 1 fully saturated rings. The van der Waals surface area contributed by atoms with E-state index in [0.29, 0.717) is 24.9 Å². The Hall–Kier alpha value is -1.93. The highest BCUT2D eigenvalue weighted by atomic mass is 32.2. The molecule has 1 aromatic carbocycles. The van der Waals surface area contributed by atoms with E-state index in [9.17, 15) is 18.0 Å². The normalized spacial score (nSPS) is 21.4. The number of piperidine rings is 1. The van der Waals surface area contributed by atoms with Crippen LogP contribution in [0.2, 0.25) is 0 Å². The number of sulfonamides is 1. The zero-order valence-corrected chi connectivity index (χ0v) is 18.5. The van der Waals surface area contributed by atoms with Gasteiger partial charge in [0.05, 0.1) is 10.5 Å². The van der Waals surface area contributed by atoms with Crippen molar-refractivity contribution in [3.63, 3.8) is 0 Å². The van der Waals surface area contributed by atoms with Gasteiger partial charge in [-0.15, -0.1) is 0 Å². The van der Waals surface area contributed by atoms with Crippen LogP contribution in [0, 0.1) is 11.8 Å². The second-order valence-electron chi connectivity index (χ2n) is 8.13. The van der Waals surface area contributed by atoms with Crippen molar-refractivity contribution in [3.05, 3.63) is 29.8 Å². The first-order valence-corrected chi connectivity index (χ1v) is 11.6. The molecule has 0 aliphatic carbocycles. The molecular formula is C21H32N2O5S. The molecule has 1 aliphatic rings. The third-order valence-electron chi connectivity index (χ3n) is 5.03. The maximum Gasteiger partial charge on any atom is 0.338 e. The van der Waals surface area contributed by atoms with E-state index in [1.807, 2.05) is 13.8 Å². The standard InChI is InChI=1S/C21H32N2O5S/c1-5-6-17(4)22-20(24)14-28-21(25)18-7-9-19(10-8-18)29(26,27)23-12-15(2)11-16(3)13-23/h7-10,15-17H,5-6,11-14H2,1-4H3,(H,22,24)/t15-,16-,17+/m0/s1. The highest BCUT2D eigenvalue weighted by molar-refractivity contribution is 7.89. The van der Waals surface area contributed by atoms with Gasteiger partial charge in [0.2, 0.25) is 10.0 Å². The molecule has 1 heterocycles. The second kappa shape index (κ2) is 10.2. The minimum Gasteiger partial charge on any atom is -0.452 e. The Balaban J connectivity index is 1.97. The predicted molar refractivity (Wildman–Crippen MR) is 111 cm³/mol. The first kappa shape index (κ1) is 23.3. The molecule has 0 unspecified atom stereocenters. The number of carbonyl (C=O) groups is 2. The minimum absolute atomic E-state index is 0.0240. The predicted octanol–water partition coefficient (Wildman–Crippen LogP) is 2.81. The molecule has 0 radical (unpaired) electrons. The molecule has 1 saturated heterocycles. The quantitative estimate of drug-likeness (QED) is 0.648. The SMILES string of the molecule is CCC[C@@H](C)NC(=O)COC(=O)c1ccc(S(=O)(=O)N2C[C@@H](C)C[C@H](C)C2)cc1. The van der Waals surface area contributed by atoms with Crippen LogP contribution in [-0.2, 0) is 19.6 Å². The van der Waals surface area contributed by atoms with Gasteiger partial charge < -0.3 is 10.1 Å². The number of nitrogens with zero attached hydrogens (tertiary/aromatic N) is 1. The van der Waals surface area contributed by atoms with Crippen molar-refractivity contribution in [1.29, 1.82) is 0 Å². The largest absolute Gasteiger partial charge is 0.452 e. The van der Waals surface area contributed by atoms with Gasteiger partial charge in [0.25, 0.3) is 5.91 Å². The van der Waals surface area contributed by atoms with Crippen LogP contribution in [0.15, 0.2) is 29.2 Å². The highest BCUT2D eigenvalue weighted by Crippen LogP contribution is 2.26. The van der Waals surface area contributed by atoms with E-state index in [0.717, 1.165) is 19.3 Å². The van der Waals surface area contributed by atoms with Gasteiger partial charge in [-0.1, -0.05) is 27.2 Å². The summed E-state index contributed by atoms with van der Waals surface area (Å²) in [7, 11) is -3.60. The molecule has 1 aliphatic heterocycles. The van der Waals surface area contributed by atoms with Crippen LogP contribution in [0.1, 0.15) is 57.3 Å². The molecule has 8 heteroatoms. The number of benzene rings is 1. The molecule has 0 aromatic heterocycles. The molecule has 0 bridgehead atoms. The van der Waals surface area contributed by atoms with Crippen LogP contribution in [0.4, 0.5) is 0 Å². The van der Waals surface area contributed by atoms with Crippen LogP contribution >= 0.6 is 0 Å². The number of hydrogen-bond donors (Lipinski definition) is 1. The monoisotopic (exact) mass is 424 g/mol. The van der Waals surface area contributed by atoms with Crippen molar-refractivity contribution in [2.75, 3.05) is 19.7 Å². The van der Waals surface area contributed by atoms with Crippen LogP contribution in [0.3, 0.4) is 0 Å². The van der Waals surface area contributed by atoms with Crippen LogP contribution in [0.25, 0.3) is 0 Å². The van der Waals surface area contributed by atoms with Crippen molar-refractivity contribution in [2.24, 2.45) is 11.8 Å². The summed E-state index contributed by atoms with van der Waals surface area (Å²) in [5.74, 6) is -0.387. The molecule has 29 heavy (non-hydrogen) atoms. The summed E-state index contributed by atoms with van der Waals surface area (Å²) in [6.45, 7) is 8.67. The van der Waals surface area contributed by atoms with E-state index in [2.05, 4.69) is 19.2 Å². The summed E-state index contributed by atoms with van der Waals surface area (Å²) in [4.78, 5) is 24.1. The van der Waals surface area contributed by atoms with Crippen molar-refractivity contribution in [1.82, 2.24) is 9.62 Å². The molecule has 1 amide bonds. The lowest BCUT2D eigenvalue weighted by atomic mass is 9.94. The van der Waals surface area contributed by atoms with E-state index >= 15 is 0 Å². The van der Waals surface area contributed by atoms with Gasteiger partial charge in [0.1, 0.15) is 0 Å². The second-order valence-corrected chi connectivity index (χ2v) is 10.1. The Kier molecular flexibility index (Phi) is 8.22. The Morgan fingerprint density at radius 1 is 1.17 bits per heavy atom. The van der Waals surface area contributed by atoms with Gasteiger partial charge >= 0.3 is 5.97 Å². The van der Waals surface area contributed by atoms with Crippen molar-refractivity contribution >= 4 is 21.9 Å². The van der Waals surface area contributed by atoms with Gasteiger partial charge in [0.15, 0.2) is 6.61 Å². The van der Waals surface area contributed by atoms with Gasteiger partial charge in [-0.25, -0.2) is 13.2 Å². The number of amides is 1. The maximum absolute atomic E-state index is 12.9. The first-order valence-electron chi connectivity index (χ1n) is 10.2. The lowest BCUT2D eigenvalue weighted by Crippen LogP contribution is -2.42. The zero-order valence-electron chi connectivity index (χ0n) is 17.7. The highest BCUT2D eigenvalue weighted by Gasteiger charge is 2.31. The molecule has 2 rings (SSSR count). The van der Waals surface area contributed by atoms with Crippen molar-refractivity contribution in [3.8, 4) is 0 Å². The first-order chi connectivity index (χ1) is 13.6. The molecule has 1 aromatic rings. The number of carbonyl (C=O) groups excluding carboxylic acids is 2. The van der Waals surface area contributed by atoms with E-state index in [1.54, 1.807) is 0 Å². The average molecular weight is 425 g/mol. The number of rotatable bonds is 8. The Labute approximate surface area is 173 Å². The topological polar surface area (TPSA) is 92.8 Å². The van der Waals surface area contributed by atoms with Crippen molar-refractivity contribution in [2.45, 2.75) is 57.9 Å². The summed E-state index contributed by atoms with van der Waals surface area (Å²) < 4.78 is 32.3. The maximum atomic E-state index is 12.9. The average Bonchev–Trinajstić information content (AvgIpc) is 2.65. The van der Waals surface area contributed by atoms with Crippen LogP contribution < -0.4 is 5.32 Å².